The fourth-order valence-corrected chi connectivity index (χ4v) is 4.54. The Hall–Kier alpha value is -3.54. The number of hydrogen-bond donors (Lipinski definition) is 1. The second-order valence-electron chi connectivity index (χ2n) is 7.05. The van der Waals surface area contributed by atoms with Crippen LogP contribution in [-0.2, 0) is 29.1 Å². The molecule has 1 saturated heterocycles. The monoisotopic (exact) mass is 471 g/mol. The number of anilines is 1. The summed E-state index contributed by atoms with van der Waals surface area (Å²) in [6.07, 6.45) is 2.47. The Bertz CT molecular complexity index is 1240. The molecular weight excluding hydrogens is 450 g/mol. The molecule has 1 aliphatic heterocycles. The van der Waals surface area contributed by atoms with Gasteiger partial charge in [0, 0.05) is 30.9 Å². The number of aromatic nitrogens is 1. The SMILES string of the molecule is O=C(COC(=O)/C=C/c1nc2ccccc2o1)Nc1ccc(S(=O)(=O)N2CCOCC2)cc1. The van der Waals surface area contributed by atoms with Gasteiger partial charge in [-0.15, -0.1) is 0 Å². The molecule has 0 saturated carbocycles. The first kappa shape index (κ1) is 22.6. The van der Waals surface area contributed by atoms with Crippen molar-refractivity contribution in [1.82, 2.24) is 9.29 Å². The fraction of sp³-hybridized carbons (Fsp3) is 0.227. The molecule has 33 heavy (non-hydrogen) atoms. The van der Waals surface area contributed by atoms with Crippen LogP contribution in [0, 0.1) is 0 Å². The lowest BCUT2D eigenvalue weighted by atomic mass is 10.3. The predicted octanol–water partition coefficient (Wildman–Crippen LogP) is 2.04. The third-order valence-corrected chi connectivity index (χ3v) is 6.68. The fourth-order valence-electron chi connectivity index (χ4n) is 3.13. The quantitative estimate of drug-likeness (QED) is 0.410. The summed E-state index contributed by atoms with van der Waals surface area (Å²) in [5.41, 5.74) is 1.63. The number of rotatable bonds is 7. The number of nitrogens with one attached hydrogen (secondary N) is 1. The molecule has 1 N–H and O–H groups in total. The summed E-state index contributed by atoms with van der Waals surface area (Å²) < 4.78 is 42.1. The normalized spacial score (nSPS) is 15.0. The first-order chi connectivity index (χ1) is 15.9. The number of esters is 1. The molecule has 1 aliphatic rings. The van der Waals surface area contributed by atoms with Gasteiger partial charge in [0.25, 0.3) is 5.91 Å². The molecule has 11 heteroatoms. The van der Waals surface area contributed by atoms with E-state index < -0.39 is 28.5 Å². The molecule has 0 aliphatic carbocycles. The van der Waals surface area contributed by atoms with Gasteiger partial charge in [-0.05, 0) is 36.4 Å². The third kappa shape index (κ3) is 5.64. The lowest BCUT2D eigenvalue weighted by Gasteiger charge is -2.26. The van der Waals surface area contributed by atoms with Crippen molar-refractivity contribution < 1.29 is 31.9 Å². The number of fused-ring (bicyclic) bond motifs is 1. The minimum Gasteiger partial charge on any atom is -0.452 e. The van der Waals surface area contributed by atoms with Crippen molar-refractivity contribution in [3.8, 4) is 0 Å². The van der Waals surface area contributed by atoms with Gasteiger partial charge in [-0.25, -0.2) is 18.2 Å². The molecular formula is C22H21N3O7S. The highest BCUT2D eigenvalue weighted by Gasteiger charge is 2.26. The largest absolute Gasteiger partial charge is 0.452 e. The first-order valence-electron chi connectivity index (χ1n) is 10.1. The van der Waals surface area contributed by atoms with Crippen molar-refractivity contribution in [2.24, 2.45) is 0 Å². The summed E-state index contributed by atoms with van der Waals surface area (Å²) in [6, 6.07) is 12.9. The average Bonchev–Trinajstić information content (AvgIpc) is 3.25. The number of morpholine rings is 1. The Morgan fingerprint density at radius 1 is 1.09 bits per heavy atom. The zero-order valence-electron chi connectivity index (χ0n) is 17.5. The molecule has 3 aromatic rings. The molecule has 0 unspecified atom stereocenters. The van der Waals surface area contributed by atoms with Crippen molar-refractivity contribution in [2.45, 2.75) is 4.90 Å². The lowest BCUT2D eigenvalue weighted by molar-refractivity contribution is -0.142. The van der Waals surface area contributed by atoms with Crippen LogP contribution >= 0.6 is 0 Å². The van der Waals surface area contributed by atoms with Crippen LogP contribution in [0.15, 0.2) is 63.9 Å². The molecule has 0 radical (unpaired) electrons. The van der Waals surface area contributed by atoms with Crippen molar-refractivity contribution in [1.29, 1.82) is 0 Å². The number of carbonyl (C=O) groups excluding carboxylic acids is 2. The number of hydrogen-bond acceptors (Lipinski definition) is 8. The van der Waals surface area contributed by atoms with Crippen LogP contribution in [0.5, 0.6) is 0 Å². The predicted molar refractivity (Wildman–Crippen MR) is 119 cm³/mol. The van der Waals surface area contributed by atoms with Crippen LogP contribution in [0.2, 0.25) is 0 Å². The van der Waals surface area contributed by atoms with Crippen molar-refractivity contribution in [3.63, 3.8) is 0 Å². The standard InChI is InChI=1S/C22H21N3O7S/c26-20(15-31-22(27)10-9-21-24-18-3-1-2-4-19(18)32-21)23-16-5-7-17(8-6-16)33(28,29)25-11-13-30-14-12-25/h1-10H,11-15H2,(H,23,26)/b10-9+. The number of sulfonamides is 1. The molecule has 0 bridgehead atoms. The van der Waals surface area contributed by atoms with Crippen LogP contribution in [0.4, 0.5) is 5.69 Å². The molecule has 1 aromatic heterocycles. The van der Waals surface area contributed by atoms with Gasteiger partial charge in [0.2, 0.25) is 15.9 Å². The first-order valence-corrected chi connectivity index (χ1v) is 11.5. The van der Waals surface area contributed by atoms with Crippen molar-refractivity contribution in [2.75, 3.05) is 38.2 Å². The van der Waals surface area contributed by atoms with E-state index in [0.29, 0.717) is 43.1 Å². The van der Waals surface area contributed by atoms with Crippen LogP contribution in [0.25, 0.3) is 17.2 Å². The summed E-state index contributed by atoms with van der Waals surface area (Å²) in [6.45, 7) is 0.802. The number of carbonyl (C=O) groups is 2. The molecule has 0 spiro atoms. The molecule has 2 heterocycles. The van der Waals surface area contributed by atoms with Gasteiger partial charge >= 0.3 is 5.97 Å². The Morgan fingerprint density at radius 2 is 1.82 bits per heavy atom. The van der Waals surface area contributed by atoms with E-state index in [2.05, 4.69) is 10.3 Å². The van der Waals surface area contributed by atoms with Gasteiger partial charge in [-0.1, -0.05) is 12.1 Å². The average molecular weight is 471 g/mol. The molecule has 4 rings (SSSR count). The maximum Gasteiger partial charge on any atom is 0.331 e. The summed E-state index contributed by atoms with van der Waals surface area (Å²) in [5, 5.41) is 2.55. The summed E-state index contributed by atoms with van der Waals surface area (Å²) in [7, 11) is -3.62. The summed E-state index contributed by atoms with van der Waals surface area (Å²) >= 11 is 0. The highest BCUT2D eigenvalue weighted by Crippen LogP contribution is 2.19. The number of ether oxygens (including phenoxy) is 2. The van der Waals surface area contributed by atoms with Crippen LogP contribution in [0.3, 0.4) is 0 Å². The highest BCUT2D eigenvalue weighted by atomic mass is 32.2. The van der Waals surface area contributed by atoms with Crippen molar-refractivity contribution >= 4 is 44.8 Å². The van der Waals surface area contributed by atoms with E-state index in [0.717, 1.165) is 6.08 Å². The van der Waals surface area contributed by atoms with E-state index in [-0.39, 0.29) is 10.8 Å². The molecule has 0 atom stereocenters. The molecule has 2 aromatic carbocycles. The van der Waals surface area contributed by atoms with Gasteiger partial charge in [-0.3, -0.25) is 4.79 Å². The van der Waals surface area contributed by atoms with Crippen LogP contribution in [-0.4, -0.2) is 62.5 Å². The van der Waals surface area contributed by atoms with Gasteiger partial charge in [0.15, 0.2) is 12.2 Å². The number of nitrogens with zero attached hydrogens (tertiary/aromatic N) is 2. The topological polar surface area (TPSA) is 128 Å². The van der Waals surface area contributed by atoms with E-state index in [9.17, 15) is 18.0 Å². The highest BCUT2D eigenvalue weighted by molar-refractivity contribution is 7.89. The maximum atomic E-state index is 12.6. The van der Waals surface area contributed by atoms with Crippen LogP contribution < -0.4 is 5.32 Å². The third-order valence-electron chi connectivity index (χ3n) is 4.76. The van der Waals surface area contributed by atoms with Gasteiger partial charge in [0.1, 0.15) is 5.52 Å². The number of oxazole rings is 1. The summed E-state index contributed by atoms with van der Waals surface area (Å²) in [4.78, 5) is 28.2. The minimum absolute atomic E-state index is 0.123. The molecule has 1 fully saturated rings. The number of benzene rings is 2. The maximum absolute atomic E-state index is 12.6. The number of amides is 1. The zero-order chi connectivity index (χ0) is 23.3. The van der Waals surface area contributed by atoms with E-state index in [1.165, 1.54) is 34.6 Å². The smallest absolute Gasteiger partial charge is 0.331 e. The van der Waals surface area contributed by atoms with Crippen molar-refractivity contribution in [3.05, 3.63) is 60.5 Å². The zero-order valence-corrected chi connectivity index (χ0v) is 18.3. The second-order valence-corrected chi connectivity index (χ2v) is 8.99. The van der Waals surface area contributed by atoms with Gasteiger partial charge < -0.3 is 19.2 Å². The number of para-hydroxylation sites is 2. The Labute approximate surface area is 189 Å². The van der Waals surface area contributed by atoms with Gasteiger partial charge in [0.05, 0.1) is 18.1 Å². The van der Waals surface area contributed by atoms with Crippen LogP contribution in [0.1, 0.15) is 5.89 Å². The summed E-state index contributed by atoms with van der Waals surface area (Å²) in [5.74, 6) is -1.06. The van der Waals surface area contributed by atoms with E-state index in [1.54, 1.807) is 12.1 Å². The Morgan fingerprint density at radius 3 is 2.55 bits per heavy atom. The Kier molecular flexibility index (Phi) is 6.82. The van der Waals surface area contributed by atoms with E-state index in [4.69, 9.17) is 13.9 Å². The molecule has 1 amide bonds. The lowest BCUT2D eigenvalue weighted by Crippen LogP contribution is -2.40. The van der Waals surface area contributed by atoms with E-state index in [1.807, 2.05) is 12.1 Å². The van der Waals surface area contributed by atoms with Gasteiger partial charge in [-0.2, -0.15) is 4.31 Å². The minimum atomic E-state index is -3.62. The molecule has 10 nitrogen and oxygen atoms in total. The Balaban J connectivity index is 1.27. The molecule has 172 valence electrons. The second kappa shape index (κ2) is 9.94. The van der Waals surface area contributed by atoms with E-state index >= 15 is 0 Å².